The van der Waals surface area contributed by atoms with E-state index in [9.17, 15) is 27.9 Å². The number of aromatic nitrogens is 8. The molecule has 0 aliphatic heterocycles. The zero-order chi connectivity index (χ0) is 27.8. The lowest BCUT2D eigenvalue weighted by atomic mass is 10.2. The molecule has 0 aliphatic rings. The van der Waals surface area contributed by atoms with Crippen LogP contribution < -0.4 is 16.7 Å². The SMILES string of the molecule is Cn1cnc(Cn2c(=O)nc(Nc3cc4cn(CCO)nc4cc3Br)n(Cc3cc(F)c(F)cc3F)c2=O)n1. The third-order valence-corrected chi connectivity index (χ3v) is 6.39. The second-order valence-corrected chi connectivity index (χ2v) is 9.35. The van der Waals surface area contributed by atoms with Crippen LogP contribution in [0.3, 0.4) is 0 Å². The molecule has 202 valence electrons. The monoisotopic (exact) mass is 605 g/mol. The van der Waals surface area contributed by atoms with Gasteiger partial charge in [0.05, 0.1) is 37.4 Å². The molecule has 0 amide bonds. The number of hydrogen-bond acceptors (Lipinski definition) is 8. The minimum absolute atomic E-state index is 0.110. The number of aryl methyl sites for hydroxylation is 1. The molecular weight excluding hydrogens is 587 g/mol. The van der Waals surface area contributed by atoms with E-state index in [4.69, 9.17) is 0 Å². The fourth-order valence-corrected chi connectivity index (χ4v) is 4.32. The van der Waals surface area contributed by atoms with Crippen LogP contribution in [0.1, 0.15) is 11.4 Å². The highest BCUT2D eigenvalue weighted by molar-refractivity contribution is 9.10. The lowest BCUT2D eigenvalue weighted by molar-refractivity contribution is 0.270. The molecule has 2 N–H and O–H groups in total. The fourth-order valence-electron chi connectivity index (χ4n) is 3.89. The zero-order valence-electron chi connectivity index (χ0n) is 20.1. The van der Waals surface area contributed by atoms with Crippen molar-refractivity contribution in [3.63, 3.8) is 0 Å². The van der Waals surface area contributed by atoms with Gasteiger partial charge in [-0.1, -0.05) is 0 Å². The molecule has 0 radical (unpaired) electrons. The Balaban J connectivity index is 1.62. The van der Waals surface area contributed by atoms with Gasteiger partial charge in [-0.3, -0.25) is 13.9 Å². The lowest BCUT2D eigenvalue weighted by Gasteiger charge is -2.16. The highest BCUT2D eigenvalue weighted by atomic mass is 79.9. The van der Waals surface area contributed by atoms with Gasteiger partial charge in [0.15, 0.2) is 17.5 Å². The molecule has 0 unspecified atom stereocenters. The number of nitrogens with one attached hydrogen (secondary N) is 1. The van der Waals surface area contributed by atoms with E-state index < -0.39 is 35.4 Å². The Morgan fingerprint density at radius 1 is 1.00 bits per heavy atom. The Kier molecular flexibility index (Phi) is 7.05. The molecule has 0 saturated heterocycles. The summed E-state index contributed by atoms with van der Waals surface area (Å²) >= 11 is 3.41. The van der Waals surface area contributed by atoms with E-state index in [1.807, 2.05) is 0 Å². The van der Waals surface area contributed by atoms with Crippen molar-refractivity contribution in [3.8, 4) is 0 Å². The van der Waals surface area contributed by atoms with E-state index in [1.165, 1.54) is 11.0 Å². The Morgan fingerprint density at radius 2 is 1.77 bits per heavy atom. The van der Waals surface area contributed by atoms with Crippen molar-refractivity contribution in [2.45, 2.75) is 19.6 Å². The average Bonchev–Trinajstić information content (AvgIpc) is 3.47. The molecule has 16 heteroatoms. The van der Waals surface area contributed by atoms with Crippen LogP contribution in [0.4, 0.5) is 24.8 Å². The van der Waals surface area contributed by atoms with Crippen LogP contribution in [-0.2, 0) is 26.7 Å². The van der Waals surface area contributed by atoms with Gasteiger partial charge in [0.2, 0.25) is 5.95 Å². The molecule has 0 fully saturated rings. The van der Waals surface area contributed by atoms with Crippen molar-refractivity contribution < 1.29 is 18.3 Å². The quantitative estimate of drug-likeness (QED) is 0.256. The molecule has 0 spiro atoms. The Morgan fingerprint density at radius 3 is 2.49 bits per heavy atom. The van der Waals surface area contributed by atoms with E-state index in [2.05, 4.69) is 41.4 Å². The number of hydrogen-bond donors (Lipinski definition) is 2. The number of nitrogens with zero attached hydrogens (tertiary/aromatic N) is 8. The van der Waals surface area contributed by atoms with Gasteiger partial charge in [-0.25, -0.2) is 32.3 Å². The third-order valence-electron chi connectivity index (χ3n) is 5.73. The summed E-state index contributed by atoms with van der Waals surface area (Å²) in [5.41, 5.74) is -1.22. The molecule has 0 atom stereocenters. The maximum absolute atomic E-state index is 14.6. The number of anilines is 2. The Bertz CT molecular complexity index is 1830. The number of aliphatic hydroxyl groups is 1. The van der Waals surface area contributed by atoms with Crippen molar-refractivity contribution in [2.75, 3.05) is 11.9 Å². The number of halogens is 4. The van der Waals surface area contributed by atoms with E-state index in [0.717, 1.165) is 9.13 Å². The van der Waals surface area contributed by atoms with Crippen molar-refractivity contribution in [2.24, 2.45) is 7.05 Å². The molecule has 0 saturated carbocycles. The normalized spacial score (nSPS) is 11.4. The second kappa shape index (κ2) is 10.5. The van der Waals surface area contributed by atoms with Crippen molar-refractivity contribution in [1.82, 2.24) is 38.7 Å². The van der Waals surface area contributed by atoms with Gasteiger partial charge in [0.25, 0.3) is 0 Å². The third kappa shape index (κ3) is 5.33. The summed E-state index contributed by atoms with van der Waals surface area (Å²) < 4.78 is 47.1. The maximum atomic E-state index is 14.6. The smallest absolute Gasteiger partial charge is 0.355 e. The van der Waals surface area contributed by atoms with E-state index in [1.54, 1.807) is 30.1 Å². The minimum Gasteiger partial charge on any atom is -0.394 e. The standard InChI is InChI=1S/C23H19BrF3N9O3/c1-33-11-28-20(32-33)10-36-22(38)30-21(35(23(36)39)9-12-4-16(26)17(27)7-15(12)25)29-19-5-13-8-34(2-3-37)31-18(13)6-14(19)24/h4-8,11,37H,2-3,9-10H2,1H3,(H,29,30,38). The van der Waals surface area contributed by atoms with Crippen molar-refractivity contribution >= 4 is 38.5 Å². The molecule has 39 heavy (non-hydrogen) atoms. The van der Waals surface area contributed by atoms with Crippen LogP contribution in [-0.4, -0.2) is 50.4 Å². The van der Waals surface area contributed by atoms with Crippen LogP contribution >= 0.6 is 15.9 Å². The summed E-state index contributed by atoms with van der Waals surface area (Å²) in [6, 6.07) is 4.35. The first-order valence-electron chi connectivity index (χ1n) is 11.4. The number of rotatable bonds is 8. The molecule has 5 rings (SSSR count). The van der Waals surface area contributed by atoms with Gasteiger partial charge < -0.3 is 10.4 Å². The van der Waals surface area contributed by atoms with Gasteiger partial charge in [-0.15, -0.1) is 0 Å². The van der Waals surface area contributed by atoms with Crippen LogP contribution in [0.25, 0.3) is 10.9 Å². The predicted molar refractivity (Wildman–Crippen MR) is 136 cm³/mol. The van der Waals surface area contributed by atoms with Gasteiger partial charge in [0, 0.05) is 34.7 Å². The molecule has 3 aromatic heterocycles. The summed E-state index contributed by atoms with van der Waals surface area (Å²) in [4.78, 5) is 34.4. The lowest BCUT2D eigenvalue weighted by Crippen LogP contribution is -2.43. The summed E-state index contributed by atoms with van der Waals surface area (Å²) in [7, 11) is 1.61. The highest BCUT2D eigenvalue weighted by Gasteiger charge is 2.19. The molecule has 2 aromatic carbocycles. The molecular formula is C23H19BrF3N9O3. The first-order chi connectivity index (χ1) is 18.6. The first-order valence-corrected chi connectivity index (χ1v) is 12.2. The van der Waals surface area contributed by atoms with Gasteiger partial charge >= 0.3 is 11.4 Å². The summed E-state index contributed by atoms with van der Waals surface area (Å²) in [6.07, 6.45) is 3.08. The van der Waals surface area contributed by atoms with Crippen LogP contribution in [0.5, 0.6) is 0 Å². The van der Waals surface area contributed by atoms with Gasteiger partial charge in [-0.2, -0.15) is 15.2 Å². The highest BCUT2D eigenvalue weighted by Crippen LogP contribution is 2.30. The predicted octanol–water partition coefficient (Wildman–Crippen LogP) is 1.90. The summed E-state index contributed by atoms with van der Waals surface area (Å²) in [5, 5.41) is 21.2. The van der Waals surface area contributed by atoms with Crippen LogP contribution in [0.2, 0.25) is 0 Å². The molecule has 3 heterocycles. The summed E-state index contributed by atoms with van der Waals surface area (Å²) in [5.74, 6) is -3.90. The number of benzene rings is 2. The molecule has 0 bridgehead atoms. The average molecular weight is 606 g/mol. The second-order valence-electron chi connectivity index (χ2n) is 8.50. The van der Waals surface area contributed by atoms with Crippen LogP contribution in [0, 0.1) is 17.5 Å². The fraction of sp³-hybridized carbons (Fsp3) is 0.217. The van der Waals surface area contributed by atoms with E-state index >= 15 is 0 Å². The first kappa shape index (κ1) is 26.3. The molecule has 12 nitrogen and oxygen atoms in total. The zero-order valence-corrected chi connectivity index (χ0v) is 21.7. The van der Waals surface area contributed by atoms with Crippen molar-refractivity contribution in [3.05, 3.63) is 91.1 Å². The van der Waals surface area contributed by atoms with Crippen molar-refractivity contribution in [1.29, 1.82) is 0 Å². The summed E-state index contributed by atoms with van der Waals surface area (Å²) in [6.45, 7) is -0.742. The van der Waals surface area contributed by atoms with Gasteiger partial charge in [-0.05, 0) is 34.1 Å². The molecule has 0 aliphatic carbocycles. The Labute approximate surface area is 225 Å². The molecule has 5 aromatic rings. The van der Waals surface area contributed by atoms with E-state index in [-0.39, 0.29) is 37.0 Å². The number of fused-ring (bicyclic) bond motifs is 1. The largest absolute Gasteiger partial charge is 0.394 e. The van der Waals surface area contributed by atoms with Crippen LogP contribution in [0.15, 0.2) is 50.9 Å². The van der Waals surface area contributed by atoms with E-state index in [0.29, 0.717) is 33.2 Å². The minimum atomic E-state index is -1.38. The number of aliphatic hydroxyl groups excluding tert-OH is 1. The Hall–Kier alpha value is -4.31. The van der Waals surface area contributed by atoms with Gasteiger partial charge in [0.1, 0.15) is 12.1 Å². The topological polar surface area (TPSA) is 138 Å². The maximum Gasteiger partial charge on any atom is 0.355 e.